The van der Waals surface area contributed by atoms with Gasteiger partial charge in [0, 0.05) is 10.2 Å². The quantitative estimate of drug-likeness (QED) is 0.642. The molecule has 1 aromatic carbocycles. The summed E-state index contributed by atoms with van der Waals surface area (Å²) < 4.78 is 6.43. The van der Waals surface area contributed by atoms with Crippen molar-refractivity contribution in [2.24, 2.45) is 5.41 Å². The highest BCUT2D eigenvalue weighted by molar-refractivity contribution is 9.09. The molecule has 1 nitrogen and oxygen atoms in total. The Bertz CT molecular complexity index is 474. The minimum atomic E-state index is 0.397. The van der Waals surface area contributed by atoms with Crippen molar-refractivity contribution in [2.45, 2.75) is 69.7 Å². The molecule has 2 fully saturated rings. The average molecular weight is 337 g/mol. The van der Waals surface area contributed by atoms with E-state index in [1.165, 1.54) is 49.7 Å². The maximum atomic E-state index is 6.43. The Morgan fingerprint density at radius 3 is 2.40 bits per heavy atom. The van der Waals surface area contributed by atoms with Crippen molar-refractivity contribution in [3.05, 3.63) is 29.3 Å². The summed E-state index contributed by atoms with van der Waals surface area (Å²) in [4.78, 5) is 0.656. The molecular weight excluding hydrogens is 312 g/mol. The second-order valence-electron chi connectivity index (χ2n) is 6.73. The van der Waals surface area contributed by atoms with E-state index < -0.39 is 0 Å². The molecule has 3 rings (SSSR count). The van der Waals surface area contributed by atoms with Gasteiger partial charge < -0.3 is 4.74 Å². The number of rotatable bonds is 2. The van der Waals surface area contributed by atoms with E-state index in [4.69, 9.17) is 4.74 Å². The molecule has 0 saturated heterocycles. The Morgan fingerprint density at radius 1 is 1.10 bits per heavy atom. The molecule has 110 valence electrons. The predicted octanol–water partition coefficient (Wildman–Crippen LogP) is 5.56. The van der Waals surface area contributed by atoms with Gasteiger partial charge in [0.1, 0.15) is 11.9 Å². The van der Waals surface area contributed by atoms with Crippen LogP contribution in [0.3, 0.4) is 0 Å². The highest BCUT2D eigenvalue weighted by Crippen LogP contribution is 2.55. The van der Waals surface area contributed by atoms with Crippen molar-refractivity contribution in [1.82, 2.24) is 0 Å². The first-order chi connectivity index (χ1) is 9.62. The molecule has 0 N–H and O–H groups in total. The molecule has 0 aromatic heterocycles. The molecule has 0 radical (unpaired) electrons. The molecule has 0 aliphatic heterocycles. The number of hydrogen-bond acceptors (Lipinski definition) is 1. The van der Waals surface area contributed by atoms with E-state index in [2.05, 4.69) is 48.0 Å². The van der Waals surface area contributed by atoms with Crippen molar-refractivity contribution in [3.63, 3.8) is 0 Å². The van der Waals surface area contributed by atoms with E-state index in [1.54, 1.807) is 0 Å². The Balaban J connectivity index is 1.76. The molecule has 2 heteroatoms. The fourth-order valence-electron chi connectivity index (χ4n) is 3.97. The van der Waals surface area contributed by atoms with Gasteiger partial charge in [-0.2, -0.15) is 0 Å². The van der Waals surface area contributed by atoms with Crippen molar-refractivity contribution in [3.8, 4) is 5.75 Å². The van der Waals surface area contributed by atoms with Crippen LogP contribution in [-0.2, 0) is 0 Å². The van der Waals surface area contributed by atoms with Crippen LogP contribution in [0, 0.1) is 19.3 Å². The number of ether oxygens (including phenoxy) is 1. The highest BCUT2D eigenvalue weighted by atomic mass is 79.9. The van der Waals surface area contributed by atoms with Crippen LogP contribution in [0.2, 0.25) is 0 Å². The molecule has 0 bridgehead atoms. The van der Waals surface area contributed by atoms with E-state index in [0.717, 1.165) is 12.2 Å². The molecule has 0 heterocycles. The summed E-state index contributed by atoms with van der Waals surface area (Å²) in [6.07, 6.45) is 9.77. The summed E-state index contributed by atoms with van der Waals surface area (Å²) in [6, 6.07) is 6.53. The standard InChI is InChI=1S/C18H25BrO/c1-13-7-8-15(14(2)11-13)20-17-12-16(19)18(17)9-5-3-4-6-10-18/h7-8,11,16-17H,3-6,9-10,12H2,1-2H3. The molecule has 2 atom stereocenters. The number of alkyl halides is 1. The largest absolute Gasteiger partial charge is 0.489 e. The lowest BCUT2D eigenvalue weighted by Gasteiger charge is -2.53. The van der Waals surface area contributed by atoms with Gasteiger partial charge >= 0.3 is 0 Å². The van der Waals surface area contributed by atoms with Crippen molar-refractivity contribution in [2.75, 3.05) is 0 Å². The summed E-state index contributed by atoms with van der Waals surface area (Å²) in [5.74, 6) is 1.09. The highest BCUT2D eigenvalue weighted by Gasteiger charge is 2.54. The van der Waals surface area contributed by atoms with Gasteiger partial charge in [0.15, 0.2) is 0 Å². The maximum Gasteiger partial charge on any atom is 0.122 e. The van der Waals surface area contributed by atoms with Crippen LogP contribution >= 0.6 is 15.9 Å². The first-order valence-electron chi connectivity index (χ1n) is 8.00. The first-order valence-corrected chi connectivity index (χ1v) is 8.91. The van der Waals surface area contributed by atoms with Gasteiger partial charge in [0.05, 0.1) is 0 Å². The van der Waals surface area contributed by atoms with E-state index in [0.29, 0.717) is 16.3 Å². The molecule has 2 saturated carbocycles. The smallest absolute Gasteiger partial charge is 0.122 e. The average Bonchev–Trinajstić information content (AvgIpc) is 2.69. The summed E-state index contributed by atoms with van der Waals surface area (Å²) in [5.41, 5.74) is 2.98. The zero-order valence-corrected chi connectivity index (χ0v) is 14.2. The van der Waals surface area contributed by atoms with Gasteiger partial charge in [0.2, 0.25) is 0 Å². The zero-order chi connectivity index (χ0) is 14.2. The summed E-state index contributed by atoms with van der Waals surface area (Å²) in [6.45, 7) is 4.30. The lowest BCUT2D eigenvalue weighted by molar-refractivity contribution is -0.0465. The molecule has 1 spiro atoms. The fourth-order valence-corrected chi connectivity index (χ4v) is 5.06. The van der Waals surface area contributed by atoms with Gasteiger partial charge in [-0.25, -0.2) is 0 Å². The zero-order valence-electron chi connectivity index (χ0n) is 12.6. The third-order valence-electron chi connectivity index (χ3n) is 5.32. The summed E-state index contributed by atoms with van der Waals surface area (Å²) >= 11 is 3.92. The number of benzene rings is 1. The van der Waals surface area contributed by atoms with Crippen molar-refractivity contribution in [1.29, 1.82) is 0 Å². The Labute approximate surface area is 131 Å². The van der Waals surface area contributed by atoms with Crippen LogP contribution in [-0.4, -0.2) is 10.9 Å². The van der Waals surface area contributed by atoms with Crippen LogP contribution in [0.25, 0.3) is 0 Å². The van der Waals surface area contributed by atoms with Gasteiger partial charge in [-0.05, 0) is 44.7 Å². The van der Waals surface area contributed by atoms with Gasteiger partial charge in [0.25, 0.3) is 0 Å². The lowest BCUT2D eigenvalue weighted by Crippen LogP contribution is -2.56. The van der Waals surface area contributed by atoms with Crippen LogP contribution < -0.4 is 4.74 Å². The van der Waals surface area contributed by atoms with Gasteiger partial charge in [-0.3, -0.25) is 0 Å². The fraction of sp³-hybridized carbons (Fsp3) is 0.667. The minimum absolute atomic E-state index is 0.397. The minimum Gasteiger partial charge on any atom is -0.489 e. The van der Waals surface area contributed by atoms with Crippen LogP contribution in [0.1, 0.15) is 56.1 Å². The SMILES string of the molecule is Cc1ccc(OC2CC(Br)C23CCCCCC3)c(C)c1. The second kappa shape index (κ2) is 5.71. The van der Waals surface area contributed by atoms with Gasteiger partial charge in [-0.15, -0.1) is 0 Å². The Kier molecular flexibility index (Phi) is 4.12. The van der Waals surface area contributed by atoms with Gasteiger partial charge in [-0.1, -0.05) is 59.3 Å². The third kappa shape index (κ3) is 2.52. The van der Waals surface area contributed by atoms with E-state index in [9.17, 15) is 0 Å². The van der Waals surface area contributed by atoms with Crippen LogP contribution in [0.4, 0.5) is 0 Å². The normalized spacial score (nSPS) is 28.8. The lowest BCUT2D eigenvalue weighted by atomic mass is 9.61. The molecule has 20 heavy (non-hydrogen) atoms. The molecule has 0 amide bonds. The van der Waals surface area contributed by atoms with Crippen molar-refractivity contribution >= 4 is 15.9 Å². The third-order valence-corrected chi connectivity index (χ3v) is 6.61. The molecule has 1 aromatic rings. The molecular formula is C18H25BrO. The van der Waals surface area contributed by atoms with Crippen LogP contribution in [0.15, 0.2) is 18.2 Å². The monoisotopic (exact) mass is 336 g/mol. The topological polar surface area (TPSA) is 9.23 Å². The Morgan fingerprint density at radius 2 is 1.80 bits per heavy atom. The maximum absolute atomic E-state index is 6.43. The summed E-state index contributed by atoms with van der Waals surface area (Å²) in [7, 11) is 0. The van der Waals surface area contributed by atoms with E-state index in [1.807, 2.05) is 0 Å². The predicted molar refractivity (Wildman–Crippen MR) is 87.8 cm³/mol. The summed E-state index contributed by atoms with van der Waals surface area (Å²) in [5, 5.41) is 0. The van der Waals surface area contributed by atoms with Crippen molar-refractivity contribution < 1.29 is 4.74 Å². The Hall–Kier alpha value is -0.500. The number of halogens is 1. The second-order valence-corrected chi connectivity index (χ2v) is 7.83. The first kappa shape index (κ1) is 14.4. The number of aryl methyl sites for hydroxylation is 2. The number of hydrogen-bond donors (Lipinski definition) is 0. The van der Waals surface area contributed by atoms with E-state index >= 15 is 0 Å². The molecule has 2 aliphatic rings. The molecule has 2 aliphatic carbocycles. The molecule has 2 unspecified atom stereocenters. The van der Waals surface area contributed by atoms with Crippen LogP contribution in [0.5, 0.6) is 5.75 Å². The van der Waals surface area contributed by atoms with E-state index in [-0.39, 0.29) is 0 Å².